The highest BCUT2D eigenvalue weighted by atomic mass is 16.5. The summed E-state index contributed by atoms with van der Waals surface area (Å²) in [6.07, 6.45) is 0.247. The molecule has 3 heteroatoms. The Morgan fingerprint density at radius 3 is 2.57 bits per heavy atom. The Kier molecular flexibility index (Phi) is 4.11. The van der Waals surface area contributed by atoms with Gasteiger partial charge in [-0.15, -0.1) is 0 Å². The van der Waals surface area contributed by atoms with Crippen LogP contribution in [0.4, 0.5) is 0 Å². The average molecular weight is 283 g/mol. The molecule has 1 aliphatic rings. The van der Waals surface area contributed by atoms with E-state index in [1.54, 1.807) is 0 Å². The van der Waals surface area contributed by atoms with Crippen molar-refractivity contribution in [2.75, 3.05) is 19.7 Å². The van der Waals surface area contributed by atoms with Crippen LogP contribution in [0, 0.1) is 6.92 Å². The van der Waals surface area contributed by atoms with Gasteiger partial charge in [0.2, 0.25) is 0 Å². The summed E-state index contributed by atoms with van der Waals surface area (Å²) in [5.41, 5.74) is 3.66. The second-order valence-electron chi connectivity index (χ2n) is 5.31. The third-order valence-electron chi connectivity index (χ3n) is 3.74. The highest BCUT2D eigenvalue weighted by Gasteiger charge is 2.20. The molecule has 3 nitrogen and oxygen atoms in total. The Morgan fingerprint density at radius 1 is 1.10 bits per heavy atom. The lowest BCUT2D eigenvalue weighted by molar-refractivity contribution is 0.136. The van der Waals surface area contributed by atoms with E-state index in [0.717, 1.165) is 24.6 Å². The van der Waals surface area contributed by atoms with E-state index in [1.165, 1.54) is 16.7 Å². The zero-order chi connectivity index (χ0) is 14.7. The summed E-state index contributed by atoms with van der Waals surface area (Å²) in [4.78, 5) is 0. The molecule has 110 valence electrons. The smallest absolute Gasteiger partial charge is 0.162 e. The summed E-state index contributed by atoms with van der Waals surface area (Å²) in [6.45, 7) is 6.56. The van der Waals surface area contributed by atoms with E-state index in [-0.39, 0.29) is 6.10 Å². The highest BCUT2D eigenvalue weighted by Crippen LogP contribution is 2.34. The lowest BCUT2D eigenvalue weighted by Gasteiger charge is -2.28. The van der Waals surface area contributed by atoms with Crippen LogP contribution in [0.5, 0.6) is 11.5 Å². The van der Waals surface area contributed by atoms with E-state index in [9.17, 15) is 0 Å². The van der Waals surface area contributed by atoms with Gasteiger partial charge in [-0.3, -0.25) is 0 Å². The first-order valence-corrected chi connectivity index (χ1v) is 7.48. The van der Waals surface area contributed by atoms with Crippen molar-refractivity contribution in [1.82, 2.24) is 5.32 Å². The molecule has 0 aromatic heterocycles. The molecule has 0 saturated carbocycles. The summed E-state index contributed by atoms with van der Waals surface area (Å²) < 4.78 is 11.7. The molecule has 1 N–H and O–H groups in total. The fraction of sp³-hybridized carbons (Fsp3) is 0.333. The van der Waals surface area contributed by atoms with Gasteiger partial charge in [0.25, 0.3) is 0 Å². The lowest BCUT2D eigenvalue weighted by atomic mass is 10.0. The van der Waals surface area contributed by atoms with Gasteiger partial charge >= 0.3 is 0 Å². The molecular formula is C18H21NO2. The van der Waals surface area contributed by atoms with E-state index >= 15 is 0 Å². The topological polar surface area (TPSA) is 30.5 Å². The molecule has 1 saturated heterocycles. The molecule has 0 unspecified atom stereocenters. The zero-order valence-electron chi connectivity index (χ0n) is 12.6. The second-order valence-corrected chi connectivity index (χ2v) is 5.31. The average Bonchev–Trinajstić information content (AvgIpc) is 2.45. The maximum absolute atomic E-state index is 6.05. The van der Waals surface area contributed by atoms with Gasteiger partial charge < -0.3 is 14.8 Å². The number of rotatable bonds is 5. The SMILES string of the molecule is CCOc1ccc(-c2ccccc2C)cc1OC1CNC1. The molecule has 0 radical (unpaired) electrons. The molecule has 0 spiro atoms. The molecular weight excluding hydrogens is 262 g/mol. The first-order chi connectivity index (χ1) is 10.3. The minimum absolute atomic E-state index is 0.247. The van der Waals surface area contributed by atoms with Crippen molar-refractivity contribution in [2.45, 2.75) is 20.0 Å². The van der Waals surface area contributed by atoms with Crippen molar-refractivity contribution >= 4 is 0 Å². The Labute approximate surface area is 125 Å². The molecule has 0 bridgehead atoms. The molecule has 1 heterocycles. The summed E-state index contributed by atoms with van der Waals surface area (Å²) in [7, 11) is 0. The van der Waals surface area contributed by atoms with Crippen LogP contribution in [0.15, 0.2) is 42.5 Å². The normalized spacial score (nSPS) is 14.6. The van der Waals surface area contributed by atoms with Crippen LogP contribution in [0.1, 0.15) is 12.5 Å². The number of benzene rings is 2. The van der Waals surface area contributed by atoms with Gasteiger partial charge in [0.1, 0.15) is 6.10 Å². The third kappa shape index (κ3) is 3.03. The fourth-order valence-electron chi connectivity index (χ4n) is 2.46. The number of hydrogen-bond acceptors (Lipinski definition) is 3. The third-order valence-corrected chi connectivity index (χ3v) is 3.74. The van der Waals surface area contributed by atoms with E-state index in [2.05, 4.69) is 48.6 Å². The Hall–Kier alpha value is -2.00. The maximum Gasteiger partial charge on any atom is 0.162 e. The molecule has 2 aromatic carbocycles. The summed E-state index contributed by atoms with van der Waals surface area (Å²) in [5, 5.41) is 3.22. The van der Waals surface area contributed by atoms with Crippen LogP contribution in [-0.4, -0.2) is 25.8 Å². The van der Waals surface area contributed by atoms with Gasteiger partial charge in [0.15, 0.2) is 11.5 Å². The van der Waals surface area contributed by atoms with Gasteiger partial charge in [-0.1, -0.05) is 30.3 Å². The Bertz CT molecular complexity index is 620. The predicted molar refractivity (Wildman–Crippen MR) is 85.1 cm³/mol. The zero-order valence-corrected chi connectivity index (χ0v) is 12.6. The lowest BCUT2D eigenvalue weighted by Crippen LogP contribution is -2.50. The first-order valence-electron chi connectivity index (χ1n) is 7.48. The fourth-order valence-corrected chi connectivity index (χ4v) is 2.46. The van der Waals surface area contributed by atoms with Gasteiger partial charge in [0, 0.05) is 13.1 Å². The molecule has 0 aliphatic carbocycles. The van der Waals surface area contributed by atoms with E-state index < -0.39 is 0 Å². The maximum atomic E-state index is 6.05. The highest BCUT2D eigenvalue weighted by molar-refractivity contribution is 5.70. The van der Waals surface area contributed by atoms with Crippen LogP contribution < -0.4 is 14.8 Å². The quantitative estimate of drug-likeness (QED) is 0.912. The molecule has 3 rings (SSSR count). The summed E-state index contributed by atoms with van der Waals surface area (Å²) >= 11 is 0. The molecule has 1 fully saturated rings. The van der Waals surface area contributed by atoms with Crippen LogP contribution in [0.2, 0.25) is 0 Å². The van der Waals surface area contributed by atoms with E-state index in [1.807, 2.05) is 13.0 Å². The predicted octanol–water partition coefficient (Wildman–Crippen LogP) is 3.41. The van der Waals surface area contributed by atoms with Crippen LogP contribution in [0.3, 0.4) is 0 Å². The van der Waals surface area contributed by atoms with Gasteiger partial charge in [-0.25, -0.2) is 0 Å². The second kappa shape index (κ2) is 6.19. The van der Waals surface area contributed by atoms with Gasteiger partial charge in [-0.05, 0) is 42.7 Å². The number of hydrogen-bond donors (Lipinski definition) is 1. The van der Waals surface area contributed by atoms with E-state index in [0.29, 0.717) is 6.61 Å². The molecule has 1 aliphatic heterocycles. The number of ether oxygens (including phenoxy) is 2. The van der Waals surface area contributed by atoms with Crippen molar-refractivity contribution < 1.29 is 9.47 Å². The van der Waals surface area contributed by atoms with Crippen molar-refractivity contribution in [2.24, 2.45) is 0 Å². The van der Waals surface area contributed by atoms with Crippen LogP contribution in [-0.2, 0) is 0 Å². The minimum atomic E-state index is 0.247. The van der Waals surface area contributed by atoms with Crippen molar-refractivity contribution in [3.8, 4) is 22.6 Å². The molecule has 0 amide bonds. The largest absolute Gasteiger partial charge is 0.490 e. The number of nitrogens with one attached hydrogen (secondary N) is 1. The summed E-state index contributed by atoms with van der Waals surface area (Å²) in [5.74, 6) is 1.66. The van der Waals surface area contributed by atoms with Crippen LogP contribution in [0.25, 0.3) is 11.1 Å². The molecule has 21 heavy (non-hydrogen) atoms. The van der Waals surface area contributed by atoms with E-state index in [4.69, 9.17) is 9.47 Å². The van der Waals surface area contributed by atoms with Gasteiger partial charge in [0.05, 0.1) is 6.61 Å². The molecule has 0 atom stereocenters. The monoisotopic (exact) mass is 283 g/mol. The Morgan fingerprint density at radius 2 is 1.90 bits per heavy atom. The van der Waals surface area contributed by atoms with Crippen molar-refractivity contribution in [3.63, 3.8) is 0 Å². The first kappa shape index (κ1) is 14.0. The molecule has 2 aromatic rings. The Balaban J connectivity index is 1.95. The standard InChI is InChI=1S/C18H21NO2/c1-3-20-17-9-8-14(16-7-5-4-6-13(16)2)10-18(17)21-15-11-19-12-15/h4-10,15,19H,3,11-12H2,1-2H3. The number of aryl methyl sites for hydroxylation is 1. The van der Waals surface area contributed by atoms with Gasteiger partial charge in [-0.2, -0.15) is 0 Å². The van der Waals surface area contributed by atoms with Crippen molar-refractivity contribution in [1.29, 1.82) is 0 Å². The van der Waals surface area contributed by atoms with Crippen LogP contribution >= 0.6 is 0 Å². The van der Waals surface area contributed by atoms with Crippen molar-refractivity contribution in [3.05, 3.63) is 48.0 Å². The minimum Gasteiger partial charge on any atom is -0.490 e. The summed E-state index contributed by atoms with van der Waals surface area (Å²) in [6, 6.07) is 14.6.